The zero-order valence-electron chi connectivity index (χ0n) is 15.7. The first-order valence-corrected chi connectivity index (χ1v) is 10.6. The second-order valence-electron chi connectivity index (χ2n) is 6.86. The van der Waals surface area contributed by atoms with Gasteiger partial charge in [-0.05, 0) is 43.6 Å². The molecule has 0 bridgehead atoms. The molecule has 0 saturated carbocycles. The van der Waals surface area contributed by atoms with Crippen LogP contribution in [0.2, 0.25) is 0 Å². The monoisotopic (exact) mass is 386 g/mol. The number of unbranched alkanes of at least 4 members (excludes halogenated alkanes) is 1. The van der Waals surface area contributed by atoms with Gasteiger partial charge in [0.15, 0.2) is 3.95 Å². The van der Waals surface area contributed by atoms with Gasteiger partial charge in [0.25, 0.3) is 0 Å². The lowest BCUT2D eigenvalue weighted by Gasteiger charge is -2.15. The fourth-order valence-electron chi connectivity index (χ4n) is 3.39. The van der Waals surface area contributed by atoms with Crippen LogP contribution in [0.25, 0.3) is 11.6 Å². The second-order valence-corrected chi connectivity index (χ2v) is 8.53. The third-order valence-corrected chi connectivity index (χ3v) is 6.41. The lowest BCUT2D eigenvalue weighted by molar-refractivity contribution is 0.347. The third-order valence-electron chi connectivity index (χ3n) is 5.03. The van der Waals surface area contributed by atoms with E-state index in [4.69, 9.17) is 12.2 Å². The quantitative estimate of drug-likeness (QED) is 0.528. The highest BCUT2D eigenvalue weighted by atomic mass is 32.1. The molecule has 0 amide bonds. The summed E-state index contributed by atoms with van der Waals surface area (Å²) in [5, 5.41) is 10.8. The predicted octanol–water partition coefficient (Wildman–Crippen LogP) is 6.85. The van der Waals surface area contributed by atoms with E-state index in [1.807, 2.05) is 35.8 Å². The van der Waals surface area contributed by atoms with Gasteiger partial charge in [0, 0.05) is 23.4 Å². The first kappa shape index (κ1) is 19.1. The lowest BCUT2D eigenvalue weighted by atomic mass is 9.99. The van der Waals surface area contributed by atoms with Crippen LogP contribution in [0.5, 0.6) is 5.88 Å². The number of para-hydroxylation sites is 1. The van der Waals surface area contributed by atoms with Crippen LogP contribution in [-0.4, -0.2) is 15.4 Å². The van der Waals surface area contributed by atoms with Gasteiger partial charge >= 0.3 is 0 Å². The van der Waals surface area contributed by atoms with E-state index in [0.717, 1.165) is 44.3 Å². The zero-order valence-corrected chi connectivity index (χ0v) is 17.3. The number of thiazole rings is 1. The molecular formula is C21H26N2OS2. The first-order valence-electron chi connectivity index (χ1n) is 9.34. The summed E-state index contributed by atoms with van der Waals surface area (Å²) in [6.07, 6.45) is 6.74. The van der Waals surface area contributed by atoms with Crippen LogP contribution in [-0.2, 0) is 6.54 Å². The number of fused-ring (bicyclic) bond motifs is 1. The van der Waals surface area contributed by atoms with Crippen molar-refractivity contribution in [2.75, 3.05) is 0 Å². The summed E-state index contributed by atoms with van der Waals surface area (Å²) in [5.41, 5.74) is 4.15. The van der Waals surface area contributed by atoms with Crippen LogP contribution in [0.1, 0.15) is 56.9 Å². The standard InChI is InChI=1S/C21H26N2OS2/c1-4-6-9-15(5-2)13-23-20(24)19(26-21(23)25)12-17-14(3)22-18-11-8-7-10-16(17)18/h7-8,10-12,15,24H,4-6,9,13H2,1-3H3/b17-12+. The van der Waals surface area contributed by atoms with Crippen molar-refractivity contribution < 1.29 is 5.11 Å². The average Bonchev–Trinajstić information content (AvgIpc) is 3.09. The Bertz CT molecular complexity index is 905. The Hall–Kier alpha value is -1.72. The molecular weight excluding hydrogens is 360 g/mol. The van der Waals surface area contributed by atoms with E-state index in [2.05, 4.69) is 24.9 Å². The fraction of sp³-hybridized carbons (Fsp3) is 0.429. The molecule has 0 spiro atoms. The van der Waals surface area contributed by atoms with Crippen LogP contribution in [0.4, 0.5) is 5.69 Å². The number of benzene rings is 1. The number of aliphatic imine (C=N–C) groups is 1. The molecule has 2 heterocycles. The van der Waals surface area contributed by atoms with Crippen LogP contribution in [0, 0.1) is 9.87 Å². The molecule has 1 aliphatic heterocycles. The molecule has 1 atom stereocenters. The van der Waals surface area contributed by atoms with Gasteiger partial charge in [0.05, 0.1) is 10.6 Å². The van der Waals surface area contributed by atoms with Gasteiger partial charge in [0.1, 0.15) is 0 Å². The normalized spacial score (nSPS) is 16.0. The Kier molecular flexibility index (Phi) is 6.09. The largest absolute Gasteiger partial charge is 0.493 e. The Morgan fingerprint density at radius 3 is 2.81 bits per heavy atom. The number of nitrogens with zero attached hydrogens (tertiary/aromatic N) is 2. The molecule has 0 aliphatic carbocycles. The zero-order chi connectivity index (χ0) is 18.7. The minimum Gasteiger partial charge on any atom is -0.493 e. The van der Waals surface area contributed by atoms with Gasteiger partial charge in [-0.2, -0.15) is 0 Å². The van der Waals surface area contributed by atoms with Crippen molar-refractivity contribution in [3.05, 3.63) is 38.7 Å². The van der Waals surface area contributed by atoms with Gasteiger partial charge in [-0.25, -0.2) is 0 Å². The Morgan fingerprint density at radius 1 is 1.31 bits per heavy atom. The maximum atomic E-state index is 10.8. The lowest BCUT2D eigenvalue weighted by Crippen LogP contribution is -2.09. The van der Waals surface area contributed by atoms with E-state index in [0.29, 0.717) is 11.8 Å². The Balaban J connectivity index is 1.92. The van der Waals surface area contributed by atoms with Gasteiger partial charge < -0.3 is 5.11 Å². The number of hydrogen-bond donors (Lipinski definition) is 1. The maximum absolute atomic E-state index is 10.8. The molecule has 0 fully saturated rings. The molecule has 5 heteroatoms. The number of aromatic nitrogens is 1. The SMILES string of the molecule is CCCCC(CC)Cn1c(O)c(/C=C2\C(C)=Nc3ccccc32)sc1=S. The summed E-state index contributed by atoms with van der Waals surface area (Å²) in [7, 11) is 0. The Morgan fingerprint density at radius 2 is 2.08 bits per heavy atom. The fourth-order valence-corrected chi connectivity index (χ4v) is 4.66. The van der Waals surface area contributed by atoms with Gasteiger partial charge in [-0.1, -0.05) is 51.3 Å². The van der Waals surface area contributed by atoms with E-state index in [-0.39, 0.29) is 0 Å². The number of hydrogen-bond acceptors (Lipinski definition) is 4. The van der Waals surface area contributed by atoms with E-state index < -0.39 is 0 Å². The van der Waals surface area contributed by atoms with Crippen molar-refractivity contribution in [2.24, 2.45) is 10.9 Å². The minimum absolute atomic E-state index is 0.291. The molecule has 138 valence electrons. The van der Waals surface area contributed by atoms with E-state index in [1.165, 1.54) is 30.6 Å². The minimum atomic E-state index is 0.291. The van der Waals surface area contributed by atoms with E-state index >= 15 is 0 Å². The van der Waals surface area contributed by atoms with Crippen molar-refractivity contribution >= 4 is 46.6 Å². The van der Waals surface area contributed by atoms with Gasteiger partial charge in [0.2, 0.25) is 5.88 Å². The summed E-state index contributed by atoms with van der Waals surface area (Å²) >= 11 is 7.03. The van der Waals surface area contributed by atoms with Crippen molar-refractivity contribution in [3.63, 3.8) is 0 Å². The average molecular weight is 387 g/mol. The van der Waals surface area contributed by atoms with Gasteiger partial charge in [-0.15, -0.1) is 11.3 Å². The molecule has 3 nitrogen and oxygen atoms in total. The van der Waals surface area contributed by atoms with Crippen LogP contribution in [0.15, 0.2) is 29.3 Å². The topological polar surface area (TPSA) is 37.5 Å². The second kappa shape index (κ2) is 8.31. The number of allylic oxidation sites excluding steroid dienone is 1. The molecule has 1 aromatic carbocycles. The summed E-state index contributed by atoms with van der Waals surface area (Å²) in [5.74, 6) is 0.845. The number of aromatic hydroxyl groups is 1. The van der Waals surface area contributed by atoms with E-state index in [9.17, 15) is 5.11 Å². The Labute approximate surface area is 164 Å². The van der Waals surface area contributed by atoms with Crippen LogP contribution >= 0.6 is 23.6 Å². The third kappa shape index (κ3) is 3.84. The molecule has 0 saturated heterocycles. The highest BCUT2D eigenvalue weighted by Gasteiger charge is 2.20. The van der Waals surface area contributed by atoms with Crippen molar-refractivity contribution in [3.8, 4) is 5.88 Å². The molecule has 1 unspecified atom stereocenters. The summed E-state index contributed by atoms with van der Waals surface area (Å²) in [6, 6.07) is 8.11. The molecule has 26 heavy (non-hydrogen) atoms. The van der Waals surface area contributed by atoms with E-state index in [1.54, 1.807) is 0 Å². The molecule has 2 aromatic rings. The summed E-state index contributed by atoms with van der Waals surface area (Å²) < 4.78 is 2.65. The van der Waals surface area contributed by atoms with Gasteiger partial charge in [-0.3, -0.25) is 9.56 Å². The van der Waals surface area contributed by atoms with Crippen LogP contribution < -0.4 is 0 Å². The summed E-state index contributed by atoms with van der Waals surface area (Å²) in [6.45, 7) is 7.24. The number of rotatable bonds is 7. The first-order chi connectivity index (χ1) is 12.5. The van der Waals surface area contributed by atoms with Crippen molar-refractivity contribution in [1.29, 1.82) is 0 Å². The molecule has 1 aliphatic rings. The highest BCUT2D eigenvalue weighted by Crippen LogP contribution is 2.38. The summed E-state index contributed by atoms with van der Waals surface area (Å²) in [4.78, 5) is 5.44. The van der Waals surface area contributed by atoms with Crippen LogP contribution in [0.3, 0.4) is 0 Å². The van der Waals surface area contributed by atoms with Crippen molar-refractivity contribution in [1.82, 2.24) is 4.57 Å². The highest BCUT2D eigenvalue weighted by molar-refractivity contribution is 7.73. The predicted molar refractivity (Wildman–Crippen MR) is 115 cm³/mol. The molecule has 1 N–H and O–H groups in total. The molecule has 1 aromatic heterocycles. The smallest absolute Gasteiger partial charge is 0.210 e. The molecule has 3 rings (SSSR count). The maximum Gasteiger partial charge on any atom is 0.210 e. The van der Waals surface area contributed by atoms with Crippen molar-refractivity contribution in [2.45, 2.75) is 53.0 Å². The molecule has 0 radical (unpaired) electrons.